The lowest BCUT2D eigenvalue weighted by molar-refractivity contribution is -0.119. The van der Waals surface area contributed by atoms with Crippen molar-refractivity contribution in [3.05, 3.63) is 12.2 Å². The van der Waals surface area contributed by atoms with Crippen LogP contribution in [0, 0.1) is 5.92 Å². The van der Waals surface area contributed by atoms with E-state index < -0.39 is 0 Å². The summed E-state index contributed by atoms with van der Waals surface area (Å²) in [5.41, 5.74) is 1.04. The van der Waals surface area contributed by atoms with Crippen molar-refractivity contribution >= 4 is 5.78 Å². The summed E-state index contributed by atoms with van der Waals surface area (Å²) in [6.45, 7) is 5.71. The van der Waals surface area contributed by atoms with Crippen LogP contribution in [0.2, 0.25) is 0 Å². The first-order valence-electron chi connectivity index (χ1n) is 3.40. The Morgan fingerprint density at radius 1 is 1.78 bits per heavy atom. The van der Waals surface area contributed by atoms with E-state index in [4.69, 9.17) is 0 Å². The van der Waals surface area contributed by atoms with Gasteiger partial charge in [0.25, 0.3) is 0 Å². The van der Waals surface area contributed by atoms with Gasteiger partial charge in [-0.25, -0.2) is 0 Å². The molecule has 0 N–H and O–H groups in total. The normalized spacial score (nSPS) is 26.8. The zero-order chi connectivity index (χ0) is 6.85. The summed E-state index contributed by atoms with van der Waals surface area (Å²) >= 11 is 0. The lowest BCUT2D eigenvalue weighted by atomic mass is 10.0. The highest BCUT2D eigenvalue weighted by atomic mass is 16.1. The number of carbonyl (C=O) groups excluding carboxylic acids is 1. The van der Waals surface area contributed by atoms with Crippen LogP contribution in [0.25, 0.3) is 0 Å². The molecule has 0 spiro atoms. The summed E-state index contributed by atoms with van der Waals surface area (Å²) in [5, 5.41) is 0. The van der Waals surface area contributed by atoms with E-state index in [9.17, 15) is 4.79 Å². The third-order valence-electron chi connectivity index (χ3n) is 1.90. The van der Waals surface area contributed by atoms with Gasteiger partial charge in [-0.05, 0) is 19.8 Å². The second-order valence-corrected chi connectivity index (χ2v) is 2.76. The first-order chi connectivity index (χ1) is 4.22. The summed E-state index contributed by atoms with van der Waals surface area (Å²) in [6.07, 6.45) is 2.88. The van der Waals surface area contributed by atoms with Gasteiger partial charge in [0, 0.05) is 12.3 Å². The Hall–Kier alpha value is -0.590. The topological polar surface area (TPSA) is 17.1 Å². The Morgan fingerprint density at radius 2 is 2.44 bits per heavy atom. The van der Waals surface area contributed by atoms with Crippen molar-refractivity contribution in [3.63, 3.8) is 0 Å². The first kappa shape index (κ1) is 6.53. The Bertz CT molecular complexity index is 147. The first-order valence-corrected chi connectivity index (χ1v) is 3.40. The number of allylic oxidation sites excluding steroid dienone is 1. The molecular formula is C8H12O. The van der Waals surface area contributed by atoms with Crippen LogP contribution in [-0.4, -0.2) is 5.78 Å². The SMILES string of the molecule is C=C(C)C1CCCC1=O. The Kier molecular flexibility index (Phi) is 1.70. The molecule has 0 radical (unpaired) electrons. The number of carbonyl (C=O) groups is 1. The van der Waals surface area contributed by atoms with Crippen molar-refractivity contribution in [1.29, 1.82) is 0 Å². The van der Waals surface area contributed by atoms with Gasteiger partial charge in [0.15, 0.2) is 0 Å². The zero-order valence-corrected chi connectivity index (χ0v) is 5.81. The van der Waals surface area contributed by atoms with E-state index in [0.29, 0.717) is 5.78 Å². The lowest BCUT2D eigenvalue weighted by Gasteiger charge is -2.03. The molecule has 1 heteroatoms. The highest BCUT2D eigenvalue weighted by Crippen LogP contribution is 2.26. The fourth-order valence-electron chi connectivity index (χ4n) is 1.34. The summed E-state index contributed by atoms with van der Waals surface area (Å²) in [6, 6.07) is 0. The number of hydrogen-bond donors (Lipinski definition) is 0. The number of hydrogen-bond acceptors (Lipinski definition) is 1. The van der Waals surface area contributed by atoms with Crippen molar-refractivity contribution in [3.8, 4) is 0 Å². The molecule has 0 amide bonds. The molecule has 0 bridgehead atoms. The monoisotopic (exact) mass is 124 g/mol. The summed E-state index contributed by atoms with van der Waals surface area (Å²) in [5.74, 6) is 0.590. The molecule has 1 saturated carbocycles. The largest absolute Gasteiger partial charge is 0.299 e. The van der Waals surface area contributed by atoms with Gasteiger partial charge in [-0.15, -0.1) is 0 Å². The highest BCUT2D eigenvalue weighted by Gasteiger charge is 2.24. The van der Waals surface area contributed by atoms with Crippen LogP contribution in [-0.2, 0) is 4.79 Å². The summed E-state index contributed by atoms with van der Waals surface area (Å²) < 4.78 is 0. The molecule has 0 aromatic heterocycles. The quantitative estimate of drug-likeness (QED) is 0.488. The molecule has 50 valence electrons. The van der Waals surface area contributed by atoms with Gasteiger partial charge in [0.05, 0.1) is 0 Å². The van der Waals surface area contributed by atoms with Crippen molar-refractivity contribution in [1.82, 2.24) is 0 Å². The third kappa shape index (κ3) is 1.21. The maximum absolute atomic E-state index is 11.0. The molecule has 0 heterocycles. The van der Waals surface area contributed by atoms with Gasteiger partial charge in [-0.2, -0.15) is 0 Å². The summed E-state index contributed by atoms with van der Waals surface area (Å²) in [7, 11) is 0. The molecule has 0 saturated heterocycles. The molecule has 1 rings (SSSR count). The predicted octanol–water partition coefficient (Wildman–Crippen LogP) is 1.93. The number of ketones is 1. The van der Waals surface area contributed by atoms with Crippen molar-refractivity contribution in [2.75, 3.05) is 0 Å². The minimum atomic E-state index is 0.199. The van der Waals surface area contributed by atoms with E-state index in [1.165, 1.54) is 0 Å². The second kappa shape index (κ2) is 2.34. The smallest absolute Gasteiger partial charge is 0.139 e. The van der Waals surface area contributed by atoms with Gasteiger partial charge in [0.2, 0.25) is 0 Å². The van der Waals surface area contributed by atoms with E-state index in [-0.39, 0.29) is 5.92 Å². The zero-order valence-electron chi connectivity index (χ0n) is 5.81. The Labute approximate surface area is 55.8 Å². The molecule has 1 aliphatic carbocycles. The maximum Gasteiger partial charge on any atom is 0.139 e. The summed E-state index contributed by atoms with van der Waals surface area (Å²) in [4.78, 5) is 11.0. The van der Waals surface area contributed by atoms with Crippen LogP contribution < -0.4 is 0 Å². The number of Topliss-reactive ketones (excluding diaryl/α,β-unsaturated/α-hetero) is 1. The van der Waals surface area contributed by atoms with Gasteiger partial charge in [-0.1, -0.05) is 12.2 Å². The molecule has 1 fully saturated rings. The average Bonchev–Trinajstić information content (AvgIpc) is 2.13. The van der Waals surface area contributed by atoms with E-state index in [2.05, 4.69) is 6.58 Å². The third-order valence-corrected chi connectivity index (χ3v) is 1.90. The fourth-order valence-corrected chi connectivity index (χ4v) is 1.34. The minimum absolute atomic E-state index is 0.199. The van der Waals surface area contributed by atoms with E-state index >= 15 is 0 Å². The van der Waals surface area contributed by atoms with Crippen LogP contribution >= 0.6 is 0 Å². The van der Waals surface area contributed by atoms with Crippen molar-refractivity contribution < 1.29 is 4.79 Å². The molecular weight excluding hydrogens is 112 g/mol. The standard InChI is InChI=1S/C8H12O/c1-6(2)7-4-3-5-8(7)9/h7H,1,3-5H2,2H3. The van der Waals surface area contributed by atoms with E-state index in [1.807, 2.05) is 6.92 Å². The van der Waals surface area contributed by atoms with Gasteiger partial charge >= 0.3 is 0 Å². The van der Waals surface area contributed by atoms with Crippen molar-refractivity contribution in [2.24, 2.45) is 5.92 Å². The van der Waals surface area contributed by atoms with Gasteiger partial charge in [-0.3, -0.25) is 4.79 Å². The maximum atomic E-state index is 11.0. The van der Waals surface area contributed by atoms with E-state index in [0.717, 1.165) is 24.8 Å². The molecule has 0 aliphatic heterocycles. The predicted molar refractivity (Wildman–Crippen MR) is 37.2 cm³/mol. The fraction of sp³-hybridized carbons (Fsp3) is 0.625. The second-order valence-electron chi connectivity index (χ2n) is 2.76. The molecule has 9 heavy (non-hydrogen) atoms. The van der Waals surface area contributed by atoms with Gasteiger partial charge in [0.1, 0.15) is 5.78 Å². The minimum Gasteiger partial charge on any atom is -0.299 e. The van der Waals surface area contributed by atoms with Crippen LogP contribution in [0.1, 0.15) is 26.2 Å². The van der Waals surface area contributed by atoms with Crippen molar-refractivity contribution in [2.45, 2.75) is 26.2 Å². The molecule has 1 nitrogen and oxygen atoms in total. The lowest BCUT2D eigenvalue weighted by Crippen LogP contribution is -2.05. The van der Waals surface area contributed by atoms with Crippen LogP contribution in [0.5, 0.6) is 0 Å². The molecule has 1 atom stereocenters. The van der Waals surface area contributed by atoms with Crippen LogP contribution in [0.3, 0.4) is 0 Å². The molecule has 1 aliphatic rings. The number of rotatable bonds is 1. The Morgan fingerprint density at radius 3 is 2.67 bits per heavy atom. The Balaban J connectivity index is 2.60. The van der Waals surface area contributed by atoms with Crippen LogP contribution in [0.15, 0.2) is 12.2 Å². The van der Waals surface area contributed by atoms with E-state index in [1.54, 1.807) is 0 Å². The average molecular weight is 124 g/mol. The van der Waals surface area contributed by atoms with Gasteiger partial charge < -0.3 is 0 Å². The molecule has 0 aromatic carbocycles. The molecule has 0 aromatic rings. The molecule has 1 unspecified atom stereocenters. The van der Waals surface area contributed by atoms with Crippen LogP contribution in [0.4, 0.5) is 0 Å². The highest BCUT2D eigenvalue weighted by molar-refractivity contribution is 5.85.